The number of nitrogens with zero attached hydrogens (tertiary/aromatic N) is 1. The number of methoxy groups -OCH3 is 1. The number of hydrogen-bond donors (Lipinski definition) is 0. The minimum Gasteiger partial charge on any atom is -0.469 e. The molecular weight excluding hydrogens is 215 g/mol. The summed E-state index contributed by atoms with van der Waals surface area (Å²) in [6.07, 6.45) is -4.33. The predicted octanol–water partition coefficient (Wildman–Crippen LogP) is 1.88. The molecule has 1 unspecified atom stereocenters. The molecule has 84 valence electrons. The quantitative estimate of drug-likeness (QED) is 0.734. The average Bonchev–Trinajstić information content (AvgIpc) is 2.64. The Morgan fingerprint density at radius 2 is 2.33 bits per heavy atom. The first-order valence-electron chi connectivity index (χ1n) is 3.99. The maximum atomic E-state index is 12.5. The summed E-state index contributed by atoms with van der Waals surface area (Å²) in [7, 11) is 1.03. The van der Waals surface area contributed by atoms with Gasteiger partial charge in [-0.25, -0.2) is 0 Å². The standard InChI is InChI=1S/C8H8F3NO3/c1-14-7(13)4-5(8(9,10)11)6-2-3-15-12-6/h2-3,5H,4H2,1H3. The van der Waals surface area contributed by atoms with Crippen LogP contribution in [0.2, 0.25) is 0 Å². The van der Waals surface area contributed by atoms with Crippen LogP contribution in [-0.2, 0) is 9.53 Å². The first-order chi connectivity index (χ1) is 6.95. The third-order valence-corrected chi connectivity index (χ3v) is 1.81. The van der Waals surface area contributed by atoms with E-state index in [4.69, 9.17) is 0 Å². The van der Waals surface area contributed by atoms with Crippen molar-refractivity contribution < 1.29 is 27.2 Å². The topological polar surface area (TPSA) is 52.3 Å². The molecule has 0 fully saturated rings. The molecule has 1 aromatic heterocycles. The lowest BCUT2D eigenvalue weighted by Gasteiger charge is -2.16. The van der Waals surface area contributed by atoms with E-state index in [9.17, 15) is 18.0 Å². The highest BCUT2D eigenvalue weighted by molar-refractivity contribution is 5.70. The van der Waals surface area contributed by atoms with Crippen LogP contribution in [0.4, 0.5) is 13.2 Å². The van der Waals surface area contributed by atoms with E-state index in [-0.39, 0.29) is 5.69 Å². The van der Waals surface area contributed by atoms with Crippen LogP contribution < -0.4 is 0 Å². The Bertz CT molecular complexity index is 320. The van der Waals surface area contributed by atoms with E-state index in [0.29, 0.717) is 0 Å². The number of hydrogen-bond acceptors (Lipinski definition) is 4. The Labute approximate surface area is 83.0 Å². The van der Waals surface area contributed by atoms with Crippen molar-refractivity contribution in [3.05, 3.63) is 18.0 Å². The van der Waals surface area contributed by atoms with Gasteiger partial charge in [-0.1, -0.05) is 5.16 Å². The third kappa shape index (κ3) is 2.97. The second-order valence-electron chi connectivity index (χ2n) is 2.80. The highest BCUT2D eigenvalue weighted by Gasteiger charge is 2.43. The number of carbonyl (C=O) groups excluding carboxylic acids is 1. The van der Waals surface area contributed by atoms with Gasteiger partial charge in [0.2, 0.25) is 0 Å². The van der Waals surface area contributed by atoms with Crippen molar-refractivity contribution in [1.82, 2.24) is 5.16 Å². The number of esters is 1. The molecule has 1 atom stereocenters. The Kier molecular flexibility index (Phi) is 3.33. The van der Waals surface area contributed by atoms with Crippen LogP contribution in [0, 0.1) is 0 Å². The largest absolute Gasteiger partial charge is 0.469 e. The molecular formula is C8H8F3NO3. The van der Waals surface area contributed by atoms with Crippen molar-refractivity contribution in [3.63, 3.8) is 0 Å². The molecule has 0 saturated carbocycles. The first-order valence-corrected chi connectivity index (χ1v) is 3.99. The molecule has 1 rings (SSSR count). The fourth-order valence-corrected chi connectivity index (χ4v) is 1.04. The minimum atomic E-state index is -4.55. The summed E-state index contributed by atoms with van der Waals surface area (Å²) >= 11 is 0. The minimum absolute atomic E-state index is 0.326. The van der Waals surface area contributed by atoms with Crippen LogP contribution in [0.5, 0.6) is 0 Å². The Balaban J connectivity index is 2.85. The van der Waals surface area contributed by atoms with Crippen LogP contribution in [0.15, 0.2) is 16.9 Å². The van der Waals surface area contributed by atoms with E-state index in [2.05, 4.69) is 14.4 Å². The van der Waals surface area contributed by atoms with Crippen LogP contribution in [0.25, 0.3) is 0 Å². The smallest absolute Gasteiger partial charge is 0.397 e. The molecule has 0 aliphatic rings. The maximum absolute atomic E-state index is 12.5. The molecule has 0 N–H and O–H groups in total. The Morgan fingerprint density at radius 1 is 1.67 bits per heavy atom. The summed E-state index contributed by atoms with van der Waals surface area (Å²) < 4.78 is 46.0. The van der Waals surface area contributed by atoms with Crippen LogP contribution >= 0.6 is 0 Å². The molecule has 1 aromatic rings. The van der Waals surface area contributed by atoms with Gasteiger partial charge >= 0.3 is 12.1 Å². The van der Waals surface area contributed by atoms with Crippen molar-refractivity contribution in [2.45, 2.75) is 18.5 Å². The Morgan fingerprint density at radius 3 is 2.73 bits per heavy atom. The lowest BCUT2D eigenvalue weighted by molar-refractivity contribution is -0.165. The van der Waals surface area contributed by atoms with Gasteiger partial charge in [-0.05, 0) is 0 Å². The van der Waals surface area contributed by atoms with Crippen molar-refractivity contribution in [2.24, 2.45) is 0 Å². The number of ether oxygens (including phenoxy) is 1. The van der Waals surface area contributed by atoms with Gasteiger partial charge in [-0.15, -0.1) is 0 Å². The molecule has 0 aliphatic carbocycles. The summed E-state index contributed by atoms with van der Waals surface area (Å²) in [5.74, 6) is -2.93. The van der Waals surface area contributed by atoms with Crippen molar-refractivity contribution >= 4 is 5.97 Å². The van der Waals surface area contributed by atoms with Gasteiger partial charge in [0.05, 0.1) is 19.2 Å². The van der Waals surface area contributed by atoms with Gasteiger partial charge < -0.3 is 9.26 Å². The number of aromatic nitrogens is 1. The second-order valence-corrected chi connectivity index (χ2v) is 2.80. The van der Waals surface area contributed by atoms with Gasteiger partial charge in [-0.2, -0.15) is 13.2 Å². The van der Waals surface area contributed by atoms with Crippen molar-refractivity contribution in [1.29, 1.82) is 0 Å². The fraction of sp³-hybridized carbons (Fsp3) is 0.500. The van der Waals surface area contributed by atoms with E-state index < -0.39 is 24.5 Å². The van der Waals surface area contributed by atoms with Crippen LogP contribution in [0.1, 0.15) is 18.0 Å². The van der Waals surface area contributed by atoms with Gasteiger partial charge in [0.1, 0.15) is 12.2 Å². The molecule has 0 aliphatic heterocycles. The van der Waals surface area contributed by atoms with Crippen molar-refractivity contribution in [2.75, 3.05) is 7.11 Å². The first kappa shape index (κ1) is 11.5. The highest BCUT2D eigenvalue weighted by atomic mass is 19.4. The SMILES string of the molecule is COC(=O)CC(c1ccon1)C(F)(F)F. The number of alkyl halides is 3. The third-order valence-electron chi connectivity index (χ3n) is 1.81. The zero-order chi connectivity index (χ0) is 11.5. The predicted molar refractivity (Wildman–Crippen MR) is 41.9 cm³/mol. The molecule has 0 amide bonds. The average molecular weight is 223 g/mol. The molecule has 0 aromatic carbocycles. The molecule has 0 spiro atoms. The molecule has 4 nitrogen and oxygen atoms in total. The monoisotopic (exact) mass is 223 g/mol. The lowest BCUT2D eigenvalue weighted by Crippen LogP contribution is -2.24. The van der Waals surface area contributed by atoms with E-state index >= 15 is 0 Å². The Hall–Kier alpha value is -1.53. The maximum Gasteiger partial charge on any atom is 0.397 e. The number of rotatable bonds is 3. The molecule has 15 heavy (non-hydrogen) atoms. The van der Waals surface area contributed by atoms with E-state index in [1.165, 1.54) is 0 Å². The molecule has 0 radical (unpaired) electrons. The van der Waals surface area contributed by atoms with Gasteiger partial charge in [-0.3, -0.25) is 4.79 Å². The normalized spacial score (nSPS) is 13.6. The number of carbonyl (C=O) groups is 1. The summed E-state index contributed by atoms with van der Waals surface area (Å²) in [6, 6.07) is 1.07. The van der Waals surface area contributed by atoms with Crippen molar-refractivity contribution in [3.8, 4) is 0 Å². The van der Waals surface area contributed by atoms with Crippen LogP contribution in [0.3, 0.4) is 0 Å². The van der Waals surface area contributed by atoms with E-state index in [0.717, 1.165) is 19.4 Å². The van der Waals surface area contributed by atoms with Gasteiger partial charge in [0.15, 0.2) is 0 Å². The summed E-state index contributed by atoms with van der Waals surface area (Å²) in [5.41, 5.74) is -0.326. The zero-order valence-corrected chi connectivity index (χ0v) is 7.75. The molecule has 0 saturated heterocycles. The second kappa shape index (κ2) is 4.33. The molecule has 0 bridgehead atoms. The van der Waals surface area contributed by atoms with E-state index in [1.54, 1.807) is 0 Å². The highest BCUT2D eigenvalue weighted by Crippen LogP contribution is 2.36. The summed E-state index contributed by atoms with van der Waals surface area (Å²) in [6.45, 7) is 0. The number of halogens is 3. The fourth-order valence-electron chi connectivity index (χ4n) is 1.04. The lowest BCUT2D eigenvalue weighted by atomic mass is 10.0. The summed E-state index contributed by atoms with van der Waals surface area (Å²) in [5, 5.41) is 3.17. The van der Waals surface area contributed by atoms with Crippen LogP contribution in [-0.4, -0.2) is 24.4 Å². The molecule has 7 heteroatoms. The van der Waals surface area contributed by atoms with Gasteiger partial charge in [0.25, 0.3) is 0 Å². The summed E-state index contributed by atoms with van der Waals surface area (Å²) in [4.78, 5) is 10.8. The molecule has 1 heterocycles. The zero-order valence-electron chi connectivity index (χ0n) is 7.75. The van der Waals surface area contributed by atoms with Gasteiger partial charge in [0, 0.05) is 6.07 Å². The van der Waals surface area contributed by atoms with E-state index in [1.807, 2.05) is 0 Å².